The predicted octanol–water partition coefficient (Wildman–Crippen LogP) is 3.62. The minimum absolute atomic E-state index is 0.00132. The molecule has 0 spiro atoms. The number of allylic oxidation sites excluding steroid dienone is 1. The monoisotopic (exact) mass is 389 g/mol. The summed E-state index contributed by atoms with van der Waals surface area (Å²) in [4.78, 5) is 12.3. The summed E-state index contributed by atoms with van der Waals surface area (Å²) in [5.74, 6) is 0.380. The van der Waals surface area contributed by atoms with Crippen molar-refractivity contribution in [2.75, 3.05) is 11.9 Å². The lowest BCUT2D eigenvalue weighted by molar-refractivity contribution is -0.121. The summed E-state index contributed by atoms with van der Waals surface area (Å²) in [7, 11) is -3.67. The van der Waals surface area contributed by atoms with Gasteiger partial charge in [-0.25, -0.2) is 0 Å². The smallest absolute Gasteiger partial charge is 0.286 e. The van der Waals surface area contributed by atoms with Crippen LogP contribution in [0.25, 0.3) is 0 Å². The molecular weight excluding hydrogens is 362 g/mol. The zero-order valence-corrected chi connectivity index (χ0v) is 16.5. The first-order valence-electron chi connectivity index (χ1n) is 9.58. The van der Waals surface area contributed by atoms with E-state index < -0.39 is 10.0 Å². The Morgan fingerprint density at radius 2 is 2.11 bits per heavy atom. The van der Waals surface area contributed by atoms with Crippen LogP contribution in [-0.4, -0.2) is 26.7 Å². The average molecular weight is 390 g/mol. The van der Waals surface area contributed by atoms with Gasteiger partial charge in [-0.3, -0.25) is 4.79 Å². The van der Waals surface area contributed by atoms with E-state index in [9.17, 15) is 13.2 Å². The average Bonchev–Trinajstić information content (AvgIpc) is 2.62. The second-order valence-electron chi connectivity index (χ2n) is 7.36. The Balaban J connectivity index is 1.48. The first-order chi connectivity index (χ1) is 12.9. The first-order valence-corrected chi connectivity index (χ1v) is 11.0. The number of nitrogens with zero attached hydrogens (tertiary/aromatic N) is 1. The molecule has 27 heavy (non-hydrogen) atoms. The van der Waals surface area contributed by atoms with Crippen LogP contribution in [0.5, 0.6) is 0 Å². The highest BCUT2D eigenvalue weighted by Crippen LogP contribution is 2.28. The number of nitrogens with one attached hydrogen (secondary N) is 2. The third-order valence-corrected chi connectivity index (χ3v) is 6.28. The molecule has 0 radical (unpaired) electrons. The Kier molecular flexibility index (Phi) is 6.31. The number of sulfonamides is 1. The van der Waals surface area contributed by atoms with Crippen molar-refractivity contribution in [3.63, 3.8) is 0 Å². The predicted molar refractivity (Wildman–Crippen MR) is 107 cm³/mol. The number of carbonyl (C=O) groups excluding carboxylic acids is 1. The number of amidine groups is 1. The molecule has 0 saturated carbocycles. The summed E-state index contributed by atoms with van der Waals surface area (Å²) in [6, 6.07) is 6.72. The molecule has 0 saturated heterocycles. The SMILES string of the molecule is C[C@H](CC(=O)NCCC1=CCCCC1)CC1=NS(=O)(=O)c2ccccc2N1. The largest absolute Gasteiger partial charge is 0.356 e. The van der Waals surface area contributed by atoms with Gasteiger partial charge >= 0.3 is 0 Å². The first kappa shape index (κ1) is 19.6. The Morgan fingerprint density at radius 1 is 1.30 bits per heavy atom. The van der Waals surface area contributed by atoms with Crippen molar-refractivity contribution < 1.29 is 13.2 Å². The summed E-state index contributed by atoms with van der Waals surface area (Å²) in [5, 5.41) is 6.05. The van der Waals surface area contributed by atoms with Gasteiger partial charge in [-0.1, -0.05) is 30.7 Å². The molecule has 2 N–H and O–H groups in total. The van der Waals surface area contributed by atoms with Gasteiger partial charge < -0.3 is 10.6 Å². The highest BCUT2D eigenvalue weighted by Gasteiger charge is 2.25. The normalized spacial score (nSPS) is 19.1. The van der Waals surface area contributed by atoms with Gasteiger partial charge in [0.15, 0.2) is 0 Å². The van der Waals surface area contributed by atoms with Crippen molar-refractivity contribution in [2.45, 2.75) is 56.8 Å². The fourth-order valence-corrected chi connectivity index (χ4v) is 4.70. The molecule has 2 aliphatic rings. The van der Waals surface area contributed by atoms with E-state index in [0.29, 0.717) is 30.9 Å². The van der Waals surface area contributed by atoms with Crippen molar-refractivity contribution in [1.82, 2.24) is 5.32 Å². The maximum atomic E-state index is 12.3. The second kappa shape index (κ2) is 8.69. The molecule has 0 aromatic heterocycles. The van der Waals surface area contributed by atoms with Gasteiger partial charge in [0.2, 0.25) is 5.91 Å². The summed E-state index contributed by atoms with van der Waals surface area (Å²) in [5.41, 5.74) is 1.99. The molecule has 1 atom stereocenters. The van der Waals surface area contributed by atoms with Crippen molar-refractivity contribution >= 4 is 27.5 Å². The molecule has 1 aromatic carbocycles. The van der Waals surface area contributed by atoms with E-state index in [1.807, 2.05) is 6.92 Å². The van der Waals surface area contributed by atoms with Crippen LogP contribution in [0.2, 0.25) is 0 Å². The van der Waals surface area contributed by atoms with E-state index in [1.165, 1.54) is 24.5 Å². The van der Waals surface area contributed by atoms with Crippen molar-refractivity contribution in [3.05, 3.63) is 35.9 Å². The van der Waals surface area contributed by atoms with E-state index >= 15 is 0 Å². The standard InChI is InChI=1S/C20H27N3O3S/c1-15(14-20(24)21-12-11-16-7-3-2-4-8-16)13-19-22-17-9-5-6-10-18(17)27(25,26)23-19/h5-7,9-10,15H,2-4,8,11-14H2,1H3,(H,21,24)(H,22,23)/t15-/m0/s1. The maximum absolute atomic E-state index is 12.3. The Morgan fingerprint density at radius 3 is 2.89 bits per heavy atom. The van der Waals surface area contributed by atoms with Crippen LogP contribution >= 0.6 is 0 Å². The van der Waals surface area contributed by atoms with Gasteiger partial charge in [0, 0.05) is 19.4 Å². The molecule has 0 unspecified atom stereocenters. The van der Waals surface area contributed by atoms with Gasteiger partial charge in [-0.2, -0.15) is 8.42 Å². The van der Waals surface area contributed by atoms with E-state index in [4.69, 9.17) is 0 Å². The van der Waals surface area contributed by atoms with Crippen molar-refractivity contribution in [2.24, 2.45) is 10.3 Å². The van der Waals surface area contributed by atoms with Gasteiger partial charge in [-0.05, 0) is 50.2 Å². The minimum atomic E-state index is -3.67. The van der Waals surface area contributed by atoms with Crippen LogP contribution in [-0.2, 0) is 14.8 Å². The summed E-state index contributed by atoms with van der Waals surface area (Å²) in [6.07, 6.45) is 8.79. The Bertz CT molecular complexity index is 859. The Hall–Kier alpha value is -2.15. The van der Waals surface area contributed by atoms with E-state index in [1.54, 1.807) is 18.2 Å². The number of carbonyl (C=O) groups is 1. The summed E-state index contributed by atoms with van der Waals surface area (Å²) < 4.78 is 28.4. The van der Waals surface area contributed by atoms with Crippen LogP contribution in [0.1, 0.15) is 51.9 Å². The molecule has 1 aromatic rings. The molecule has 146 valence electrons. The summed E-state index contributed by atoms with van der Waals surface area (Å²) in [6.45, 7) is 2.60. The van der Waals surface area contributed by atoms with Crippen LogP contribution in [0.15, 0.2) is 45.2 Å². The zero-order valence-electron chi connectivity index (χ0n) is 15.7. The highest BCUT2D eigenvalue weighted by atomic mass is 32.2. The van der Waals surface area contributed by atoms with Crippen molar-refractivity contribution in [3.8, 4) is 0 Å². The number of hydrogen-bond donors (Lipinski definition) is 2. The van der Waals surface area contributed by atoms with E-state index in [0.717, 1.165) is 19.3 Å². The fraction of sp³-hybridized carbons (Fsp3) is 0.500. The van der Waals surface area contributed by atoms with Gasteiger partial charge in [0.05, 0.1) is 5.69 Å². The van der Waals surface area contributed by atoms with E-state index in [-0.39, 0.29) is 16.7 Å². The lowest BCUT2D eigenvalue weighted by atomic mass is 9.97. The molecule has 6 nitrogen and oxygen atoms in total. The van der Waals surface area contributed by atoms with Crippen LogP contribution < -0.4 is 10.6 Å². The quantitative estimate of drug-likeness (QED) is 0.697. The molecule has 0 bridgehead atoms. The van der Waals surface area contributed by atoms with Crippen LogP contribution in [0.4, 0.5) is 5.69 Å². The molecule has 1 aliphatic heterocycles. The fourth-order valence-electron chi connectivity index (χ4n) is 3.54. The minimum Gasteiger partial charge on any atom is -0.356 e. The number of rotatable bonds is 7. The number of benzene rings is 1. The molecule has 1 amide bonds. The lowest BCUT2D eigenvalue weighted by Gasteiger charge is -2.20. The Labute approximate surface area is 161 Å². The number of hydrogen-bond acceptors (Lipinski definition) is 4. The third-order valence-electron chi connectivity index (χ3n) is 4.90. The van der Waals surface area contributed by atoms with Crippen LogP contribution in [0.3, 0.4) is 0 Å². The molecule has 1 heterocycles. The second-order valence-corrected chi connectivity index (χ2v) is 8.93. The molecule has 0 fully saturated rings. The number of amides is 1. The summed E-state index contributed by atoms with van der Waals surface area (Å²) >= 11 is 0. The van der Waals surface area contributed by atoms with E-state index in [2.05, 4.69) is 21.1 Å². The van der Waals surface area contributed by atoms with Gasteiger partial charge in [0.25, 0.3) is 10.0 Å². The van der Waals surface area contributed by atoms with Crippen LogP contribution in [0, 0.1) is 5.92 Å². The molecule has 7 heteroatoms. The van der Waals surface area contributed by atoms with Gasteiger partial charge in [-0.15, -0.1) is 4.40 Å². The lowest BCUT2D eigenvalue weighted by Crippen LogP contribution is -2.28. The zero-order chi connectivity index (χ0) is 19.3. The van der Waals surface area contributed by atoms with Crippen molar-refractivity contribution in [1.29, 1.82) is 0 Å². The third kappa shape index (κ3) is 5.42. The number of para-hydroxylation sites is 1. The molecule has 3 rings (SSSR count). The number of anilines is 1. The number of fused-ring (bicyclic) bond motifs is 1. The van der Waals surface area contributed by atoms with Gasteiger partial charge in [0.1, 0.15) is 10.7 Å². The molecular formula is C20H27N3O3S. The topological polar surface area (TPSA) is 87.6 Å². The maximum Gasteiger partial charge on any atom is 0.286 e. The molecule has 1 aliphatic carbocycles. The highest BCUT2D eigenvalue weighted by molar-refractivity contribution is 7.90.